The molecule has 0 spiro atoms. The van der Waals surface area contributed by atoms with Crippen molar-refractivity contribution in [3.05, 3.63) is 144 Å². The number of halogens is 2. The molecule has 1 N–H and O–H groups in total. The first kappa shape index (κ1) is 42.8. The van der Waals surface area contributed by atoms with Crippen molar-refractivity contribution in [2.45, 2.75) is 51.9 Å². The van der Waals surface area contributed by atoms with Crippen molar-refractivity contribution in [2.24, 2.45) is 5.41 Å². The first-order valence-electron chi connectivity index (χ1n) is 20.1. The average molecular weight is 873 g/mol. The Morgan fingerprint density at radius 3 is 2.16 bits per heavy atom. The van der Waals surface area contributed by atoms with Gasteiger partial charge in [-0.15, -0.1) is 0 Å². The average Bonchev–Trinajstić information content (AvgIpc) is 4.01. The topological polar surface area (TPSA) is 160 Å². The fourth-order valence-corrected chi connectivity index (χ4v) is 8.47. The van der Waals surface area contributed by atoms with Gasteiger partial charge in [-0.25, -0.2) is 37.1 Å². The van der Waals surface area contributed by atoms with E-state index in [2.05, 4.69) is 25.0 Å². The monoisotopic (exact) mass is 872 g/mol. The number of benzene rings is 4. The van der Waals surface area contributed by atoms with Gasteiger partial charge in [0.2, 0.25) is 5.79 Å². The lowest BCUT2D eigenvalue weighted by Crippen LogP contribution is -2.46. The summed E-state index contributed by atoms with van der Waals surface area (Å²) in [4.78, 5) is 32.6. The molecule has 16 nitrogen and oxygen atoms in total. The van der Waals surface area contributed by atoms with E-state index in [9.17, 15) is 23.0 Å². The van der Waals surface area contributed by atoms with Crippen molar-refractivity contribution in [3.8, 4) is 17.2 Å². The van der Waals surface area contributed by atoms with Gasteiger partial charge in [-0.3, -0.25) is 9.42 Å². The molecule has 8 rings (SSSR count). The second kappa shape index (κ2) is 17.8. The Morgan fingerprint density at radius 2 is 1.53 bits per heavy atom. The predicted octanol–water partition coefficient (Wildman–Crippen LogP) is 6.19. The Kier molecular flexibility index (Phi) is 12.3. The number of aromatic nitrogens is 6. The van der Waals surface area contributed by atoms with E-state index in [1.807, 2.05) is 69.3 Å². The largest absolute Gasteiger partial charge is 0.527 e. The molecule has 4 heterocycles. The molecule has 2 aliphatic heterocycles. The summed E-state index contributed by atoms with van der Waals surface area (Å²) >= 11 is 0. The molecule has 2 aromatic heterocycles. The fraction of sp³-hybridized carbons (Fsp3) is 0.349. The summed E-state index contributed by atoms with van der Waals surface area (Å²) < 4.78 is 74.9. The molecule has 4 atom stereocenters. The number of phosphoric acid groups is 1. The first-order chi connectivity index (χ1) is 29.7. The van der Waals surface area contributed by atoms with E-state index in [1.165, 1.54) is 39.0 Å². The van der Waals surface area contributed by atoms with Crippen molar-refractivity contribution in [1.29, 1.82) is 0 Å². The smallest absolute Gasteiger partial charge is 0.491 e. The third-order valence-corrected chi connectivity index (χ3v) is 11.7. The Bertz CT molecular complexity index is 2530. The SMILES string of the molecule is CC(C)(C)C(Cn1ncn(-c2ccc(N3CCN(c4ccc(OCC5COC(Cn6cncn6)(c6ccc(F)cc6F)O5)cc4)CC3)cc2)c1=O)OP(=O)(O)Oc1ccccc1. The van der Waals surface area contributed by atoms with Gasteiger partial charge in [0, 0.05) is 49.2 Å². The van der Waals surface area contributed by atoms with E-state index in [1.54, 1.807) is 30.3 Å². The van der Waals surface area contributed by atoms with Gasteiger partial charge < -0.3 is 28.5 Å². The Morgan fingerprint density at radius 1 is 0.871 bits per heavy atom. The first-order valence-corrected chi connectivity index (χ1v) is 21.6. The van der Waals surface area contributed by atoms with Gasteiger partial charge in [0.1, 0.15) is 61.4 Å². The molecule has 0 aliphatic carbocycles. The minimum absolute atomic E-state index is 0.00981. The number of ether oxygens (including phenoxy) is 3. The number of hydrogen-bond donors (Lipinski definition) is 1. The van der Waals surface area contributed by atoms with Crippen LogP contribution in [0, 0.1) is 17.0 Å². The fourth-order valence-electron chi connectivity index (χ4n) is 7.33. The lowest BCUT2D eigenvalue weighted by molar-refractivity contribution is -0.192. The van der Waals surface area contributed by atoms with Gasteiger partial charge in [0.15, 0.2) is 0 Å². The summed E-state index contributed by atoms with van der Waals surface area (Å²) in [6.45, 7) is 8.84. The molecule has 2 aliphatic rings. The summed E-state index contributed by atoms with van der Waals surface area (Å²) in [5.74, 6) is -2.21. The molecular weight excluding hydrogens is 825 g/mol. The Hall–Kier alpha value is -5.91. The molecule has 4 aromatic carbocycles. The second-order valence-corrected chi connectivity index (χ2v) is 17.4. The summed E-state index contributed by atoms with van der Waals surface area (Å²) in [7, 11) is -4.53. The molecule has 6 aromatic rings. The molecule has 4 unspecified atom stereocenters. The molecule has 2 fully saturated rings. The van der Waals surface area contributed by atoms with E-state index < -0.39 is 48.6 Å². The normalized spacial score (nSPS) is 19.6. The van der Waals surface area contributed by atoms with Crippen molar-refractivity contribution in [3.63, 3.8) is 0 Å². The van der Waals surface area contributed by atoms with E-state index in [-0.39, 0.29) is 37.6 Å². The minimum Gasteiger partial charge on any atom is -0.491 e. The zero-order valence-corrected chi connectivity index (χ0v) is 35.3. The van der Waals surface area contributed by atoms with Crippen LogP contribution in [0.5, 0.6) is 11.5 Å². The zero-order chi connectivity index (χ0) is 43.5. The number of para-hydroxylation sites is 1. The molecule has 2 saturated heterocycles. The van der Waals surface area contributed by atoms with Crippen molar-refractivity contribution in [1.82, 2.24) is 29.1 Å². The Labute approximate surface area is 356 Å². The van der Waals surface area contributed by atoms with Gasteiger partial charge in [0.25, 0.3) is 0 Å². The number of nitrogens with zero attached hydrogens (tertiary/aromatic N) is 8. The maximum Gasteiger partial charge on any atom is 0.527 e. The summed E-state index contributed by atoms with van der Waals surface area (Å²) in [5.41, 5.74) is 1.69. The quantitative estimate of drug-likeness (QED) is 0.117. The van der Waals surface area contributed by atoms with E-state index >= 15 is 0 Å². The van der Waals surface area contributed by atoms with Crippen molar-refractivity contribution in [2.75, 3.05) is 49.2 Å². The van der Waals surface area contributed by atoms with Gasteiger partial charge in [0.05, 0.1) is 24.9 Å². The number of piperazine rings is 1. The van der Waals surface area contributed by atoms with Crippen LogP contribution in [-0.4, -0.2) is 85.6 Å². The van der Waals surface area contributed by atoms with Crippen LogP contribution < -0.4 is 24.8 Å². The minimum atomic E-state index is -4.53. The number of hydrogen-bond acceptors (Lipinski definition) is 12. The number of phosphoric ester groups is 1. The molecule has 0 amide bonds. The van der Waals surface area contributed by atoms with Gasteiger partial charge in [-0.05, 0) is 78.2 Å². The standard InChI is InChI=1S/C43H47F2N8O8P/c1-42(2,3)40(61-62(55,56)60-36-7-5-4-6-8-36)24-53-41(54)52(30-48-53)34-12-10-32(11-13-34)49-19-21-50(22-20-49)33-14-16-35(17-15-33)57-25-37-26-58-43(59-37,27-51-29-46-28-47-51)38-18-9-31(44)23-39(38)45/h4-18,23,28-30,37,40H,19-22,24-27H2,1-3H3,(H,55,56). The molecule has 62 heavy (non-hydrogen) atoms. The van der Waals surface area contributed by atoms with Crippen LogP contribution in [0.2, 0.25) is 0 Å². The molecule has 0 radical (unpaired) electrons. The lowest BCUT2D eigenvalue weighted by Gasteiger charge is -2.37. The summed E-state index contributed by atoms with van der Waals surface area (Å²) in [5, 5.41) is 8.40. The van der Waals surface area contributed by atoms with Crippen LogP contribution in [0.25, 0.3) is 5.69 Å². The number of anilines is 2. The van der Waals surface area contributed by atoms with E-state index in [4.69, 9.17) is 23.3 Å². The zero-order valence-electron chi connectivity index (χ0n) is 34.4. The summed E-state index contributed by atoms with van der Waals surface area (Å²) in [6.07, 6.45) is 2.83. The van der Waals surface area contributed by atoms with Crippen LogP contribution in [0.3, 0.4) is 0 Å². The number of rotatable bonds is 15. The lowest BCUT2D eigenvalue weighted by atomic mass is 9.89. The molecule has 326 valence electrons. The highest BCUT2D eigenvalue weighted by Gasteiger charge is 2.46. The molecule has 0 bridgehead atoms. The van der Waals surface area contributed by atoms with Gasteiger partial charge in [-0.1, -0.05) is 39.0 Å². The summed E-state index contributed by atoms with van der Waals surface area (Å²) in [6, 6.07) is 27.0. The maximum absolute atomic E-state index is 15.0. The molecule has 0 saturated carbocycles. The van der Waals surface area contributed by atoms with Crippen LogP contribution in [0.15, 0.2) is 121 Å². The maximum atomic E-state index is 15.0. The van der Waals surface area contributed by atoms with Crippen molar-refractivity contribution < 1.29 is 41.5 Å². The molecular formula is C43H47F2N8O8P. The van der Waals surface area contributed by atoms with Crippen LogP contribution in [0.1, 0.15) is 26.3 Å². The van der Waals surface area contributed by atoms with Crippen LogP contribution in [-0.2, 0) is 37.4 Å². The van der Waals surface area contributed by atoms with E-state index in [0.717, 1.165) is 49.7 Å². The third-order valence-electron chi connectivity index (χ3n) is 10.7. The highest BCUT2D eigenvalue weighted by atomic mass is 31.2. The van der Waals surface area contributed by atoms with Crippen LogP contribution >= 0.6 is 7.82 Å². The van der Waals surface area contributed by atoms with E-state index in [0.29, 0.717) is 11.4 Å². The highest BCUT2D eigenvalue weighted by Crippen LogP contribution is 2.48. The van der Waals surface area contributed by atoms with Crippen molar-refractivity contribution >= 4 is 19.2 Å². The van der Waals surface area contributed by atoms with Crippen LogP contribution in [0.4, 0.5) is 20.2 Å². The third kappa shape index (κ3) is 9.90. The highest BCUT2D eigenvalue weighted by molar-refractivity contribution is 7.47. The molecule has 19 heteroatoms. The second-order valence-electron chi connectivity index (χ2n) is 16.1. The Balaban J connectivity index is 0.832. The predicted molar refractivity (Wildman–Crippen MR) is 224 cm³/mol. The van der Waals surface area contributed by atoms with Gasteiger partial charge in [-0.2, -0.15) is 10.2 Å². The van der Waals surface area contributed by atoms with Gasteiger partial charge >= 0.3 is 13.5 Å².